The van der Waals surface area contributed by atoms with E-state index < -0.39 is 15.8 Å². The van der Waals surface area contributed by atoms with Crippen LogP contribution in [0.25, 0.3) is 0 Å². The third-order valence-corrected chi connectivity index (χ3v) is 4.76. The average Bonchev–Trinajstić information content (AvgIpc) is 2.40. The molecule has 0 spiro atoms. The van der Waals surface area contributed by atoms with Crippen LogP contribution in [0.2, 0.25) is 5.02 Å². The molecule has 1 N–H and O–H groups in total. The van der Waals surface area contributed by atoms with Crippen molar-refractivity contribution in [3.63, 3.8) is 0 Å². The first-order chi connectivity index (χ1) is 9.83. The molecule has 0 aliphatic heterocycles. The van der Waals surface area contributed by atoms with Crippen LogP contribution in [0.1, 0.15) is 0 Å². The molecule has 0 saturated heterocycles. The lowest BCUT2D eigenvalue weighted by Gasteiger charge is -2.13. The zero-order chi connectivity index (χ0) is 15.6. The maximum atomic E-state index is 12.8. The molecule has 0 atom stereocenters. The topological polar surface area (TPSA) is 55.4 Å². The fourth-order valence-corrected chi connectivity index (χ4v) is 4.11. The predicted molar refractivity (Wildman–Crippen MR) is 82.9 cm³/mol. The van der Waals surface area contributed by atoms with Crippen molar-refractivity contribution >= 4 is 43.2 Å². The SMILES string of the molecule is COc1c(Br)cc(Cl)cc1S(=O)(=O)Nc1ccc(F)cc1. The Labute approximate surface area is 135 Å². The summed E-state index contributed by atoms with van der Waals surface area (Å²) in [5.74, 6) is -0.324. The number of hydrogen-bond donors (Lipinski definition) is 1. The molecule has 2 aromatic carbocycles. The van der Waals surface area contributed by atoms with Crippen molar-refractivity contribution in [3.05, 3.63) is 51.7 Å². The molecule has 0 radical (unpaired) electrons. The highest BCUT2D eigenvalue weighted by Crippen LogP contribution is 2.36. The van der Waals surface area contributed by atoms with Gasteiger partial charge < -0.3 is 4.74 Å². The van der Waals surface area contributed by atoms with Crippen molar-refractivity contribution in [2.75, 3.05) is 11.8 Å². The molecular weight excluding hydrogens is 385 g/mol. The lowest BCUT2D eigenvalue weighted by molar-refractivity contribution is 0.400. The normalized spacial score (nSPS) is 11.2. The van der Waals surface area contributed by atoms with Gasteiger partial charge in [-0.2, -0.15) is 0 Å². The fourth-order valence-electron chi connectivity index (χ4n) is 1.66. The fraction of sp³-hybridized carbons (Fsp3) is 0.0769. The lowest BCUT2D eigenvalue weighted by atomic mass is 10.3. The maximum Gasteiger partial charge on any atom is 0.265 e. The first-order valence-corrected chi connectivity index (χ1v) is 8.30. The molecule has 0 bridgehead atoms. The van der Waals surface area contributed by atoms with Gasteiger partial charge >= 0.3 is 0 Å². The smallest absolute Gasteiger partial charge is 0.265 e. The van der Waals surface area contributed by atoms with Crippen LogP contribution in [0.4, 0.5) is 10.1 Å². The van der Waals surface area contributed by atoms with Gasteiger partial charge in [-0.1, -0.05) is 11.6 Å². The Bertz CT molecular complexity index is 766. The van der Waals surface area contributed by atoms with E-state index in [4.69, 9.17) is 16.3 Å². The van der Waals surface area contributed by atoms with Crippen LogP contribution in [-0.2, 0) is 10.0 Å². The highest BCUT2D eigenvalue weighted by molar-refractivity contribution is 9.10. The molecule has 4 nitrogen and oxygen atoms in total. The molecule has 0 aromatic heterocycles. The first-order valence-electron chi connectivity index (χ1n) is 5.65. The summed E-state index contributed by atoms with van der Waals surface area (Å²) < 4.78 is 45.5. The van der Waals surface area contributed by atoms with Crippen LogP contribution in [0.3, 0.4) is 0 Å². The first kappa shape index (κ1) is 16.1. The molecule has 0 fully saturated rings. The molecule has 0 aliphatic carbocycles. The van der Waals surface area contributed by atoms with E-state index in [1.54, 1.807) is 0 Å². The molecule has 0 unspecified atom stereocenters. The predicted octanol–water partition coefficient (Wildman–Crippen LogP) is 4.05. The molecule has 21 heavy (non-hydrogen) atoms. The van der Waals surface area contributed by atoms with Gasteiger partial charge in [-0.25, -0.2) is 12.8 Å². The van der Waals surface area contributed by atoms with Crippen molar-refractivity contribution in [3.8, 4) is 5.75 Å². The Kier molecular flexibility index (Phi) is 4.75. The van der Waals surface area contributed by atoms with Gasteiger partial charge in [0.15, 0.2) is 5.75 Å². The van der Waals surface area contributed by atoms with Crippen LogP contribution < -0.4 is 9.46 Å². The van der Waals surface area contributed by atoms with E-state index in [-0.39, 0.29) is 21.4 Å². The zero-order valence-corrected chi connectivity index (χ0v) is 13.9. The molecule has 8 heteroatoms. The van der Waals surface area contributed by atoms with Gasteiger partial charge in [0.05, 0.1) is 11.6 Å². The number of methoxy groups -OCH3 is 1. The Morgan fingerprint density at radius 2 is 1.86 bits per heavy atom. The lowest BCUT2D eigenvalue weighted by Crippen LogP contribution is -2.14. The second kappa shape index (κ2) is 6.21. The minimum atomic E-state index is -3.93. The van der Waals surface area contributed by atoms with Gasteiger partial charge in [0, 0.05) is 10.7 Å². The summed E-state index contributed by atoms with van der Waals surface area (Å²) in [5.41, 5.74) is 0.231. The highest BCUT2D eigenvalue weighted by atomic mass is 79.9. The van der Waals surface area contributed by atoms with Crippen LogP contribution in [-0.4, -0.2) is 15.5 Å². The van der Waals surface area contributed by atoms with E-state index >= 15 is 0 Å². The number of halogens is 3. The quantitative estimate of drug-likeness (QED) is 0.851. The Hall–Kier alpha value is -1.31. The molecule has 112 valence electrons. The largest absolute Gasteiger partial charge is 0.494 e. The van der Waals surface area contributed by atoms with E-state index in [1.165, 1.54) is 31.4 Å². The third-order valence-electron chi connectivity index (χ3n) is 2.56. The number of sulfonamides is 1. The number of hydrogen-bond acceptors (Lipinski definition) is 3. The van der Waals surface area contributed by atoms with Crippen molar-refractivity contribution in [1.29, 1.82) is 0 Å². The summed E-state index contributed by atoms with van der Waals surface area (Å²) in [7, 11) is -2.57. The monoisotopic (exact) mass is 393 g/mol. The molecule has 2 aromatic rings. The van der Waals surface area contributed by atoms with Crippen molar-refractivity contribution in [1.82, 2.24) is 0 Å². The van der Waals surface area contributed by atoms with Gasteiger partial charge in [0.2, 0.25) is 0 Å². The van der Waals surface area contributed by atoms with E-state index in [9.17, 15) is 12.8 Å². The van der Waals surface area contributed by atoms with Gasteiger partial charge in [0.1, 0.15) is 10.7 Å². The third kappa shape index (κ3) is 3.66. The minimum Gasteiger partial charge on any atom is -0.494 e. The number of ether oxygens (including phenoxy) is 1. The van der Waals surface area contributed by atoms with E-state index in [1.807, 2.05) is 0 Å². The summed E-state index contributed by atoms with van der Waals surface area (Å²) in [6, 6.07) is 7.75. The molecule has 0 heterocycles. The van der Waals surface area contributed by atoms with Crippen LogP contribution in [0, 0.1) is 5.82 Å². The number of rotatable bonds is 4. The van der Waals surface area contributed by atoms with Crippen molar-refractivity contribution in [2.45, 2.75) is 4.90 Å². The van der Waals surface area contributed by atoms with Gasteiger partial charge in [-0.3, -0.25) is 4.72 Å². The molecule has 0 aliphatic rings. The molecular formula is C13H10BrClFNO3S. The average molecular weight is 395 g/mol. The number of anilines is 1. The van der Waals surface area contributed by atoms with Crippen molar-refractivity contribution in [2.24, 2.45) is 0 Å². The van der Waals surface area contributed by atoms with Crippen molar-refractivity contribution < 1.29 is 17.5 Å². The summed E-state index contributed by atoms with van der Waals surface area (Å²) in [6.45, 7) is 0. The van der Waals surface area contributed by atoms with E-state index in [2.05, 4.69) is 20.7 Å². The summed E-state index contributed by atoms with van der Waals surface area (Å²) >= 11 is 9.08. The van der Waals surface area contributed by atoms with Gasteiger partial charge in [0.25, 0.3) is 10.0 Å². The second-order valence-electron chi connectivity index (χ2n) is 4.03. The zero-order valence-electron chi connectivity index (χ0n) is 10.7. The maximum absolute atomic E-state index is 12.8. The number of nitrogens with one attached hydrogen (secondary N) is 1. The minimum absolute atomic E-state index is 0.117. The second-order valence-corrected chi connectivity index (χ2v) is 6.97. The summed E-state index contributed by atoms with van der Waals surface area (Å²) in [5, 5.41) is 0.238. The number of benzene rings is 2. The molecule has 2 rings (SSSR count). The summed E-state index contributed by atoms with van der Waals surface area (Å²) in [4.78, 5) is -0.117. The van der Waals surface area contributed by atoms with Crippen LogP contribution in [0.5, 0.6) is 5.75 Å². The van der Waals surface area contributed by atoms with Crippen LogP contribution in [0.15, 0.2) is 45.8 Å². The van der Waals surface area contributed by atoms with Gasteiger partial charge in [-0.05, 0) is 52.3 Å². The van der Waals surface area contributed by atoms with Crippen LogP contribution >= 0.6 is 27.5 Å². The van der Waals surface area contributed by atoms with E-state index in [0.717, 1.165) is 12.1 Å². The Balaban J connectivity index is 2.46. The Morgan fingerprint density at radius 3 is 2.43 bits per heavy atom. The standard InChI is InChI=1S/C13H10BrClFNO3S/c1-20-13-11(14)6-8(15)7-12(13)21(18,19)17-10-4-2-9(16)3-5-10/h2-7,17H,1H3. The Morgan fingerprint density at radius 1 is 1.24 bits per heavy atom. The molecule has 0 amide bonds. The molecule has 0 saturated carbocycles. The van der Waals surface area contributed by atoms with Gasteiger partial charge in [-0.15, -0.1) is 0 Å². The summed E-state index contributed by atoms with van der Waals surface area (Å²) in [6.07, 6.45) is 0. The van der Waals surface area contributed by atoms with E-state index in [0.29, 0.717) is 4.47 Å². The highest BCUT2D eigenvalue weighted by Gasteiger charge is 2.22.